The highest BCUT2D eigenvalue weighted by Crippen LogP contribution is 2.11. The normalized spacial score (nSPS) is 10.2. The zero-order valence-corrected chi connectivity index (χ0v) is 6.48. The first-order valence-corrected chi connectivity index (χ1v) is 3.37. The third kappa shape index (κ3) is 2.86. The van der Waals surface area contributed by atoms with Gasteiger partial charge in [-0.15, -0.1) is 0 Å². The first kappa shape index (κ1) is 9.11. The summed E-state index contributed by atoms with van der Waals surface area (Å²) in [6.45, 7) is 0. The Kier molecular flexibility index (Phi) is 2.91. The van der Waals surface area contributed by atoms with Crippen LogP contribution in [0.2, 0.25) is 0 Å². The van der Waals surface area contributed by atoms with Gasteiger partial charge in [0.05, 0.1) is 0 Å². The zero-order chi connectivity index (χ0) is 9.68. The first-order valence-electron chi connectivity index (χ1n) is 3.37. The van der Waals surface area contributed by atoms with Gasteiger partial charge >= 0.3 is 6.34 Å². The number of para-hydroxylation sites is 1. The second-order valence-corrected chi connectivity index (χ2v) is 2.12. The summed E-state index contributed by atoms with van der Waals surface area (Å²) in [6, 6.07) is 5.75. The lowest BCUT2D eigenvalue weighted by atomic mass is 10.3. The van der Waals surface area contributed by atoms with Crippen LogP contribution in [0, 0.1) is 15.9 Å². The zero-order valence-electron chi connectivity index (χ0n) is 6.48. The Morgan fingerprint density at radius 3 is 2.85 bits per heavy atom. The number of nitro groups is 1. The van der Waals surface area contributed by atoms with E-state index in [1.165, 1.54) is 18.2 Å². The van der Waals surface area contributed by atoms with E-state index in [2.05, 4.69) is 10.5 Å². The van der Waals surface area contributed by atoms with Gasteiger partial charge in [-0.2, -0.15) is 5.43 Å². The van der Waals surface area contributed by atoms with Gasteiger partial charge in [0, 0.05) is 5.10 Å². The Bertz CT molecular complexity index is 340. The van der Waals surface area contributed by atoms with Crippen LogP contribution >= 0.6 is 0 Å². The number of hydrogen-bond acceptors (Lipinski definition) is 4. The number of hydrazone groups is 1. The summed E-state index contributed by atoms with van der Waals surface area (Å²) in [5, 5.41) is 13.0. The Morgan fingerprint density at radius 1 is 1.54 bits per heavy atom. The molecule has 68 valence electrons. The molecule has 1 aromatic rings. The van der Waals surface area contributed by atoms with E-state index in [0.717, 1.165) is 0 Å². The molecule has 0 aliphatic heterocycles. The smallest absolute Gasteiger partial charge is 0.352 e. The van der Waals surface area contributed by atoms with E-state index in [-0.39, 0.29) is 5.69 Å². The molecule has 0 aromatic heterocycles. The molecule has 1 N–H and O–H groups in total. The molecular weight excluding hydrogens is 177 g/mol. The van der Waals surface area contributed by atoms with Crippen LogP contribution in [0.25, 0.3) is 0 Å². The van der Waals surface area contributed by atoms with Crippen molar-refractivity contribution in [1.29, 1.82) is 0 Å². The molecule has 0 bridgehead atoms. The SMILES string of the molecule is O=[N+]([O-])/C=N/Nc1ccccc1F. The number of hydrogen-bond donors (Lipinski definition) is 1. The molecule has 1 rings (SSSR count). The van der Waals surface area contributed by atoms with Crippen LogP contribution in [0.3, 0.4) is 0 Å². The minimum atomic E-state index is -0.742. The quantitative estimate of drug-likeness (QED) is 0.334. The molecule has 0 radical (unpaired) electrons. The van der Waals surface area contributed by atoms with E-state index in [1.807, 2.05) is 0 Å². The Morgan fingerprint density at radius 2 is 2.23 bits per heavy atom. The van der Waals surface area contributed by atoms with Crippen LogP contribution in [0.4, 0.5) is 10.1 Å². The highest BCUT2D eigenvalue weighted by Gasteiger charge is 1.99. The summed E-state index contributed by atoms with van der Waals surface area (Å²) in [6.07, 6.45) is 0.451. The van der Waals surface area contributed by atoms with Crippen LogP contribution in [0.5, 0.6) is 0 Å². The Labute approximate surface area is 73.0 Å². The second kappa shape index (κ2) is 4.15. The van der Waals surface area contributed by atoms with Gasteiger partial charge in [-0.3, -0.25) is 0 Å². The van der Waals surface area contributed by atoms with Gasteiger partial charge in [0.2, 0.25) is 0 Å². The molecule has 0 saturated heterocycles. The number of anilines is 1. The van der Waals surface area contributed by atoms with E-state index in [9.17, 15) is 14.5 Å². The summed E-state index contributed by atoms with van der Waals surface area (Å²) >= 11 is 0. The molecule has 0 amide bonds. The standard InChI is InChI=1S/C7H6FN3O2/c8-6-3-1-2-4-7(6)10-9-5-11(12)13/h1-5,10H/b9-5+. The summed E-state index contributed by atoms with van der Waals surface area (Å²) < 4.78 is 12.8. The number of nitrogens with zero attached hydrogens (tertiary/aromatic N) is 2. The third-order valence-electron chi connectivity index (χ3n) is 1.21. The average molecular weight is 183 g/mol. The molecule has 0 atom stereocenters. The lowest BCUT2D eigenvalue weighted by Gasteiger charge is -1.94. The van der Waals surface area contributed by atoms with Crippen molar-refractivity contribution < 1.29 is 9.31 Å². The highest BCUT2D eigenvalue weighted by atomic mass is 19.1. The van der Waals surface area contributed by atoms with E-state index < -0.39 is 10.7 Å². The Balaban J connectivity index is 2.64. The van der Waals surface area contributed by atoms with E-state index >= 15 is 0 Å². The van der Waals surface area contributed by atoms with Gasteiger partial charge in [-0.1, -0.05) is 12.1 Å². The fraction of sp³-hybridized carbons (Fsp3) is 0. The molecular formula is C7H6FN3O2. The summed E-state index contributed by atoms with van der Waals surface area (Å²) in [4.78, 5) is 9.05. The second-order valence-electron chi connectivity index (χ2n) is 2.12. The molecule has 0 fully saturated rings. The predicted molar refractivity (Wildman–Crippen MR) is 45.5 cm³/mol. The van der Waals surface area contributed by atoms with Crippen LogP contribution < -0.4 is 5.43 Å². The van der Waals surface area contributed by atoms with Gasteiger partial charge in [0.1, 0.15) is 11.5 Å². The molecule has 5 nitrogen and oxygen atoms in total. The van der Waals surface area contributed by atoms with Crippen LogP contribution in [0.15, 0.2) is 29.4 Å². The number of benzene rings is 1. The topological polar surface area (TPSA) is 67.5 Å². The number of nitrogens with one attached hydrogen (secondary N) is 1. The van der Waals surface area contributed by atoms with Crippen molar-refractivity contribution in [3.63, 3.8) is 0 Å². The van der Waals surface area contributed by atoms with Crippen LogP contribution in [0.1, 0.15) is 0 Å². The lowest BCUT2D eigenvalue weighted by Crippen LogP contribution is -1.98. The fourth-order valence-electron chi connectivity index (χ4n) is 0.697. The maximum atomic E-state index is 12.8. The Hall–Kier alpha value is -1.98. The molecule has 0 unspecified atom stereocenters. The van der Waals surface area contributed by atoms with Gasteiger partial charge < -0.3 is 10.1 Å². The first-order chi connectivity index (χ1) is 6.20. The fourth-order valence-corrected chi connectivity index (χ4v) is 0.697. The van der Waals surface area contributed by atoms with E-state index in [1.54, 1.807) is 6.07 Å². The molecule has 6 heteroatoms. The number of halogens is 1. The van der Waals surface area contributed by atoms with Gasteiger partial charge in [-0.25, -0.2) is 4.39 Å². The van der Waals surface area contributed by atoms with Crippen molar-refractivity contribution >= 4 is 12.0 Å². The largest absolute Gasteiger partial charge is 0.358 e. The van der Waals surface area contributed by atoms with Crippen molar-refractivity contribution in [2.24, 2.45) is 5.10 Å². The molecule has 13 heavy (non-hydrogen) atoms. The molecule has 0 spiro atoms. The minimum Gasteiger partial charge on any atom is -0.358 e. The van der Waals surface area contributed by atoms with Crippen molar-refractivity contribution in [3.05, 3.63) is 40.2 Å². The third-order valence-corrected chi connectivity index (χ3v) is 1.21. The highest BCUT2D eigenvalue weighted by molar-refractivity contribution is 5.50. The monoisotopic (exact) mass is 183 g/mol. The van der Waals surface area contributed by atoms with E-state index in [0.29, 0.717) is 6.34 Å². The molecule has 0 aliphatic rings. The van der Waals surface area contributed by atoms with Crippen LogP contribution in [-0.4, -0.2) is 11.3 Å². The summed E-state index contributed by atoms with van der Waals surface area (Å²) in [7, 11) is 0. The van der Waals surface area contributed by atoms with E-state index in [4.69, 9.17) is 0 Å². The maximum Gasteiger partial charge on any atom is 0.352 e. The van der Waals surface area contributed by atoms with Gasteiger partial charge in [-0.05, 0) is 17.1 Å². The summed E-state index contributed by atoms with van der Waals surface area (Å²) in [5.74, 6) is -0.511. The molecule has 1 aromatic carbocycles. The van der Waals surface area contributed by atoms with Crippen LogP contribution in [-0.2, 0) is 0 Å². The average Bonchev–Trinajstić information content (AvgIpc) is 2.08. The lowest BCUT2D eigenvalue weighted by molar-refractivity contribution is -0.339. The molecule has 0 aliphatic carbocycles. The number of rotatable bonds is 3. The molecule has 0 saturated carbocycles. The van der Waals surface area contributed by atoms with Crippen molar-refractivity contribution in [3.8, 4) is 0 Å². The van der Waals surface area contributed by atoms with Gasteiger partial charge in [0.15, 0.2) is 0 Å². The van der Waals surface area contributed by atoms with Gasteiger partial charge in [0.25, 0.3) is 0 Å². The van der Waals surface area contributed by atoms with Crippen molar-refractivity contribution in [2.45, 2.75) is 0 Å². The maximum absolute atomic E-state index is 12.8. The summed E-state index contributed by atoms with van der Waals surface area (Å²) in [5.41, 5.74) is 2.29. The van der Waals surface area contributed by atoms with Crippen molar-refractivity contribution in [2.75, 3.05) is 5.43 Å². The van der Waals surface area contributed by atoms with Crippen molar-refractivity contribution in [1.82, 2.24) is 0 Å². The predicted octanol–water partition coefficient (Wildman–Crippen LogP) is 1.46. The molecule has 0 heterocycles. The minimum absolute atomic E-state index is 0.0978.